The van der Waals surface area contributed by atoms with Crippen LogP contribution in [0.4, 0.5) is 0 Å². The molecule has 2 aliphatic rings. The first-order chi connectivity index (χ1) is 6.05. The normalized spacial score (nSPS) is 33.9. The highest BCUT2D eigenvalue weighted by atomic mass is 16.4. The fourth-order valence-electron chi connectivity index (χ4n) is 2.02. The number of rotatable bonds is 2. The van der Waals surface area contributed by atoms with Gasteiger partial charge in [0.25, 0.3) is 0 Å². The largest absolute Gasteiger partial charge is 0.480 e. The van der Waals surface area contributed by atoms with Crippen LogP contribution in [0.15, 0.2) is 0 Å². The van der Waals surface area contributed by atoms with E-state index < -0.39 is 11.5 Å². The highest BCUT2D eigenvalue weighted by Crippen LogP contribution is 2.40. The zero-order valence-corrected chi connectivity index (χ0v) is 7.62. The highest BCUT2D eigenvalue weighted by molar-refractivity contribution is 5.91. The lowest BCUT2D eigenvalue weighted by Gasteiger charge is -2.31. The minimum absolute atomic E-state index is 0.00685. The van der Waals surface area contributed by atoms with Crippen LogP contribution in [-0.2, 0) is 9.59 Å². The number of hydrogen-bond donors (Lipinski definition) is 1. The van der Waals surface area contributed by atoms with Gasteiger partial charge in [0.05, 0.1) is 0 Å². The number of hydrogen-bond acceptors (Lipinski definition) is 2. The van der Waals surface area contributed by atoms with Crippen molar-refractivity contribution in [3.63, 3.8) is 0 Å². The van der Waals surface area contributed by atoms with Crippen LogP contribution >= 0.6 is 0 Å². The smallest absolute Gasteiger partial charge is 0.329 e. The fraction of sp³-hybridized carbons (Fsp3) is 0.778. The monoisotopic (exact) mass is 183 g/mol. The lowest BCUT2D eigenvalue weighted by molar-refractivity contribution is -0.153. The molecule has 1 saturated heterocycles. The number of carboxylic acids is 1. The molecule has 0 aromatic heterocycles. The van der Waals surface area contributed by atoms with Crippen molar-refractivity contribution in [2.75, 3.05) is 0 Å². The predicted molar refractivity (Wildman–Crippen MR) is 45.1 cm³/mol. The maximum absolute atomic E-state index is 11.4. The summed E-state index contributed by atoms with van der Waals surface area (Å²) in [4.78, 5) is 24.0. The van der Waals surface area contributed by atoms with E-state index in [2.05, 4.69) is 0 Å². The maximum Gasteiger partial charge on any atom is 0.329 e. The highest BCUT2D eigenvalue weighted by Gasteiger charge is 2.52. The van der Waals surface area contributed by atoms with Crippen molar-refractivity contribution in [3.8, 4) is 0 Å². The molecular formula is C9H13NO3. The molecule has 72 valence electrons. The summed E-state index contributed by atoms with van der Waals surface area (Å²) < 4.78 is 0. The zero-order chi connectivity index (χ0) is 9.64. The number of carbonyl (C=O) groups is 2. The van der Waals surface area contributed by atoms with E-state index in [-0.39, 0.29) is 11.9 Å². The Balaban J connectivity index is 2.27. The third-order valence-corrected chi connectivity index (χ3v) is 3.00. The van der Waals surface area contributed by atoms with E-state index in [0.717, 1.165) is 12.8 Å². The summed E-state index contributed by atoms with van der Waals surface area (Å²) in [7, 11) is 0. The van der Waals surface area contributed by atoms with Crippen LogP contribution in [0.2, 0.25) is 0 Å². The maximum atomic E-state index is 11.4. The second-order valence-electron chi connectivity index (χ2n) is 4.07. The van der Waals surface area contributed by atoms with Gasteiger partial charge in [0.15, 0.2) is 0 Å². The summed E-state index contributed by atoms with van der Waals surface area (Å²) in [5.74, 6) is -0.863. The van der Waals surface area contributed by atoms with Gasteiger partial charge in [-0.25, -0.2) is 4.79 Å². The summed E-state index contributed by atoms with van der Waals surface area (Å²) in [6, 6.07) is 0.205. The molecule has 0 aromatic carbocycles. The van der Waals surface area contributed by atoms with E-state index in [1.807, 2.05) is 0 Å². The zero-order valence-electron chi connectivity index (χ0n) is 7.62. The van der Waals surface area contributed by atoms with Crippen LogP contribution in [0.5, 0.6) is 0 Å². The average molecular weight is 183 g/mol. The van der Waals surface area contributed by atoms with Gasteiger partial charge in [-0.3, -0.25) is 4.79 Å². The lowest BCUT2D eigenvalue weighted by Crippen LogP contribution is -2.50. The molecule has 4 heteroatoms. The van der Waals surface area contributed by atoms with E-state index in [0.29, 0.717) is 12.8 Å². The van der Waals surface area contributed by atoms with Gasteiger partial charge >= 0.3 is 5.97 Å². The van der Waals surface area contributed by atoms with Crippen LogP contribution in [0.25, 0.3) is 0 Å². The molecule has 2 fully saturated rings. The molecule has 13 heavy (non-hydrogen) atoms. The molecule has 2 rings (SSSR count). The SMILES string of the molecule is C[C@]1(C(=O)O)CCC(=O)N1C1CC1. The Morgan fingerprint density at radius 1 is 1.62 bits per heavy atom. The first kappa shape index (κ1) is 8.53. The topological polar surface area (TPSA) is 57.6 Å². The molecule has 1 atom stereocenters. The average Bonchev–Trinajstić information content (AvgIpc) is 2.81. The van der Waals surface area contributed by atoms with Crippen LogP contribution in [0, 0.1) is 0 Å². The number of likely N-dealkylation sites (tertiary alicyclic amines) is 1. The fourth-order valence-corrected chi connectivity index (χ4v) is 2.02. The van der Waals surface area contributed by atoms with E-state index >= 15 is 0 Å². The second kappa shape index (κ2) is 2.47. The van der Waals surface area contributed by atoms with E-state index in [4.69, 9.17) is 5.11 Å². The third kappa shape index (κ3) is 1.12. The first-order valence-corrected chi connectivity index (χ1v) is 4.61. The van der Waals surface area contributed by atoms with Crippen molar-refractivity contribution in [3.05, 3.63) is 0 Å². The Morgan fingerprint density at radius 2 is 2.23 bits per heavy atom. The molecule has 0 aromatic rings. The Hall–Kier alpha value is -1.06. The third-order valence-electron chi connectivity index (χ3n) is 3.00. The van der Waals surface area contributed by atoms with Crippen molar-refractivity contribution in [1.82, 2.24) is 4.90 Å². The second-order valence-corrected chi connectivity index (χ2v) is 4.07. The van der Waals surface area contributed by atoms with Gasteiger partial charge in [0, 0.05) is 12.5 Å². The number of nitrogens with zero attached hydrogens (tertiary/aromatic N) is 1. The van der Waals surface area contributed by atoms with Gasteiger partial charge < -0.3 is 10.0 Å². The number of carboxylic acid groups (broad SMARTS) is 1. The molecule has 0 bridgehead atoms. The van der Waals surface area contributed by atoms with E-state index in [1.54, 1.807) is 11.8 Å². The van der Waals surface area contributed by atoms with Gasteiger partial charge in [0.2, 0.25) is 5.91 Å². The van der Waals surface area contributed by atoms with Crippen LogP contribution in [0.3, 0.4) is 0 Å². The van der Waals surface area contributed by atoms with Crippen molar-refractivity contribution in [2.45, 2.75) is 44.2 Å². The molecule has 1 aliphatic heterocycles. The van der Waals surface area contributed by atoms with Crippen molar-refractivity contribution >= 4 is 11.9 Å². The Labute approximate surface area is 76.5 Å². The minimum Gasteiger partial charge on any atom is -0.480 e. The summed E-state index contributed by atoms with van der Waals surface area (Å²) in [6.45, 7) is 1.65. The molecule has 1 N–H and O–H groups in total. The van der Waals surface area contributed by atoms with Gasteiger partial charge in [-0.2, -0.15) is 0 Å². The van der Waals surface area contributed by atoms with E-state index in [1.165, 1.54) is 0 Å². The van der Waals surface area contributed by atoms with Gasteiger partial charge in [-0.1, -0.05) is 0 Å². The quantitative estimate of drug-likeness (QED) is 0.682. The lowest BCUT2D eigenvalue weighted by atomic mass is 9.99. The first-order valence-electron chi connectivity index (χ1n) is 4.61. The molecule has 1 amide bonds. The van der Waals surface area contributed by atoms with Gasteiger partial charge in [-0.15, -0.1) is 0 Å². The number of amides is 1. The van der Waals surface area contributed by atoms with E-state index in [9.17, 15) is 9.59 Å². The molecule has 0 spiro atoms. The molecule has 0 radical (unpaired) electrons. The number of aliphatic carboxylic acids is 1. The summed E-state index contributed by atoms with van der Waals surface area (Å²) >= 11 is 0. The van der Waals surface area contributed by atoms with Crippen LogP contribution < -0.4 is 0 Å². The summed E-state index contributed by atoms with van der Waals surface area (Å²) in [5, 5.41) is 9.04. The van der Waals surface area contributed by atoms with Gasteiger partial charge in [-0.05, 0) is 26.2 Å². The molecule has 1 heterocycles. The summed E-state index contributed by atoms with van der Waals surface area (Å²) in [6.07, 6.45) is 2.78. The van der Waals surface area contributed by atoms with Crippen molar-refractivity contribution in [1.29, 1.82) is 0 Å². The number of carbonyl (C=O) groups excluding carboxylic acids is 1. The predicted octanol–water partition coefficient (Wildman–Crippen LogP) is 0.615. The van der Waals surface area contributed by atoms with Crippen molar-refractivity contribution in [2.24, 2.45) is 0 Å². The molecule has 4 nitrogen and oxygen atoms in total. The summed E-state index contributed by atoms with van der Waals surface area (Å²) in [5.41, 5.74) is -0.932. The molecular weight excluding hydrogens is 170 g/mol. The molecule has 1 saturated carbocycles. The van der Waals surface area contributed by atoms with Gasteiger partial charge in [0.1, 0.15) is 5.54 Å². The molecule has 0 unspecified atom stereocenters. The Bertz CT molecular complexity index is 272. The standard InChI is InChI=1S/C9H13NO3/c1-9(8(12)13)5-4-7(11)10(9)6-2-3-6/h6H,2-5H2,1H3,(H,12,13)/t9-/m1/s1. The minimum atomic E-state index is -0.932. The van der Waals surface area contributed by atoms with Crippen LogP contribution in [-0.4, -0.2) is 33.5 Å². The van der Waals surface area contributed by atoms with Crippen LogP contribution in [0.1, 0.15) is 32.6 Å². The van der Waals surface area contributed by atoms with Crippen molar-refractivity contribution < 1.29 is 14.7 Å². The Kier molecular flexibility index (Phi) is 1.62. The Morgan fingerprint density at radius 3 is 2.69 bits per heavy atom. The molecule has 1 aliphatic carbocycles.